The van der Waals surface area contributed by atoms with Gasteiger partial charge in [0, 0.05) is 13.0 Å². The molecule has 2 N–H and O–H groups in total. The fraction of sp³-hybridized carbons (Fsp3) is 1.00. The van der Waals surface area contributed by atoms with E-state index in [9.17, 15) is 13.0 Å². The SMILES string of the molecule is CCCCCCCCCCCCCCCCS(=O)(=O)CC(OC)C(C)C(COP(=O)(O)O)[N+](C)(C)C. The molecule has 0 saturated heterocycles. The molecule has 0 aromatic heterocycles. The highest BCUT2D eigenvalue weighted by Gasteiger charge is 2.38. The molecule has 0 aliphatic carbocycles. The van der Waals surface area contributed by atoms with Gasteiger partial charge in [-0.15, -0.1) is 0 Å². The van der Waals surface area contributed by atoms with Crippen molar-refractivity contribution in [3.05, 3.63) is 0 Å². The van der Waals surface area contributed by atoms with Crippen LogP contribution in [-0.2, 0) is 23.7 Å². The van der Waals surface area contributed by atoms with Crippen molar-refractivity contribution in [3.63, 3.8) is 0 Å². The molecular formula is C26H57NO7PS+. The molecule has 10 heteroatoms. The third kappa shape index (κ3) is 19.1. The van der Waals surface area contributed by atoms with Crippen LogP contribution < -0.4 is 0 Å². The van der Waals surface area contributed by atoms with Gasteiger partial charge >= 0.3 is 7.82 Å². The number of hydrogen-bond acceptors (Lipinski definition) is 5. The number of phosphoric acid groups is 1. The Kier molecular flexibility index (Phi) is 19.1. The molecule has 0 spiro atoms. The topological polar surface area (TPSA) is 110 Å². The second kappa shape index (κ2) is 19.1. The maximum absolute atomic E-state index is 12.8. The first kappa shape index (κ1) is 36.0. The Balaban J connectivity index is 4.28. The molecule has 0 aromatic carbocycles. The Morgan fingerprint density at radius 2 is 1.22 bits per heavy atom. The predicted molar refractivity (Wildman–Crippen MR) is 149 cm³/mol. The van der Waals surface area contributed by atoms with Crippen LogP contribution in [0.4, 0.5) is 0 Å². The van der Waals surface area contributed by atoms with E-state index in [1.807, 2.05) is 28.1 Å². The third-order valence-corrected chi connectivity index (χ3v) is 9.36. The van der Waals surface area contributed by atoms with E-state index in [-0.39, 0.29) is 30.1 Å². The minimum absolute atomic E-state index is 0.102. The van der Waals surface area contributed by atoms with Crippen molar-refractivity contribution in [3.8, 4) is 0 Å². The first-order valence-corrected chi connectivity index (χ1v) is 17.3. The quantitative estimate of drug-likeness (QED) is 0.0886. The van der Waals surface area contributed by atoms with Gasteiger partial charge in [-0.1, -0.05) is 97.3 Å². The number of nitrogens with zero attached hydrogens (tertiary/aromatic N) is 1. The molecule has 0 aliphatic heterocycles. The van der Waals surface area contributed by atoms with Gasteiger partial charge in [0.25, 0.3) is 0 Å². The summed E-state index contributed by atoms with van der Waals surface area (Å²) in [5, 5.41) is 0. The Morgan fingerprint density at radius 1 is 0.806 bits per heavy atom. The average Bonchev–Trinajstić information content (AvgIpc) is 2.76. The number of hydrogen-bond donors (Lipinski definition) is 2. The summed E-state index contributed by atoms with van der Waals surface area (Å²) in [6, 6.07) is -0.348. The number of unbranched alkanes of at least 4 members (excludes halogenated alkanes) is 13. The van der Waals surface area contributed by atoms with Crippen molar-refractivity contribution in [1.29, 1.82) is 0 Å². The molecule has 36 heavy (non-hydrogen) atoms. The van der Waals surface area contributed by atoms with Gasteiger partial charge in [-0.05, 0) is 6.42 Å². The number of rotatable bonds is 24. The van der Waals surface area contributed by atoms with Gasteiger partial charge in [0.1, 0.15) is 12.6 Å². The Labute approximate surface area is 222 Å². The van der Waals surface area contributed by atoms with Crippen molar-refractivity contribution in [2.75, 3.05) is 46.4 Å². The van der Waals surface area contributed by atoms with E-state index in [1.54, 1.807) is 0 Å². The van der Waals surface area contributed by atoms with Crippen LogP contribution in [0.2, 0.25) is 0 Å². The summed E-state index contributed by atoms with van der Waals surface area (Å²) in [7, 11) is -0.767. The van der Waals surface area contributed by atoms with E-state index in [1.165, 1.54) is 77.7 Å². The van der Waals surface area contributed by atoms with Gasteiger partial charge in [0.2, 0.25) is 0 Å². The molecule has 0 fully saturated rings. The fourth-order valence-electron chi connectivity index (χ4n) is 4.79. The van der Waals surface area contributed by atoms with E-state index < -0.39 is 23.8 Å². The van der Waals surface area contributed by atoms with E-state index in [0.29, 0.717) is 10.9 Å². The molecule has 0 rings (SSSR count). The van der Waals surface area contributed by atoms with Gasteiger partial charge in [-0.2, -0.15) is 0 Å². The van der Waals surface area contributed by atoms with Gasteiger partial charge < -0.3 is 19.0 Å². The number of methoxy groups -OCH3 is 1. The Bertz CT molecular complexity index is 691. The van der Waals surface area contributed by atoms with Crippen LogP contribution in [0.25, 0.3) is 0 Å². The zero-order chi connectivity index (χ0) is 27.7. The summed E-state index contributed by atoms with van der Waals surface area (Å²) in [5.41, 5.74) is 0. The fourth-order valence-corrected chi connectivity index (χ4v) is 6.88. The lowest BCUT2D eigenvalue weighted by Crippen LogP contribution is -2.54. The van der Waals surface area contributed by atoms with Crippen molar-refractivity contribution < 1.29 is 36.5 Å². The predicted octanol–water partition coefficient (Wildman–Crippen LogP) is 5.72. The summed E-state index contributed by atoms with van der Waals surface area (Å²) in [4.78, 5) is 18.2. The van der Waals surface area contributed by atoms with Crippen LogP contribution in [0.5, 0.6) is 0 Å². The lowest BCUT2D eigenvalue weighted by Gasteiger charge is -2.40. The Morgan fingerprint density at radius 3 is 1.58 bits per heavy atom. The van der Waals surface area contributed by atoms with E-state index in [0.717, 1.165) is 12.8 Å². The summed E-state index contributed by atoms with van der Waals surface area (Å²) in [5.74, 6) is -0.242. The lowest BCUT2D eigenvalue weighted by atomic mass is 9.95. The molecule has 0 heterocycles. The molecule has 3 atom stereocenters. The van der Waals surface area contributed by atoms with Crippen molar-refractivity contribution in [1.82, 2.24) is 0 Å². The highest BCUT2D eigenvalue weighted by Crippen LogP contribution is 2.37. The van der Waals surface area contributed by atoms with Gasteiger partial charge in [0.15, 0.2) is 9.84 Å². The molecule has 0 saturated carbocycles. The summed E-state index contributed by atoms with van der Waals surface area (Å²) in [6.07, 6.45) is 16.5. The maximum Gasteiger partial charge on any atom is 0.469 e. The van der Waals surface area contributed by atoms with E-state index in [2.05, 4.69) is 6.92 Å². The Hall–Kier alpha value is -0.0200. The molecule has 218 valence electrons. The van der Waals surface area contributed by atoms with Crippen LogP contribution in [0.15, 0.2) is 0 Å². The minimum atomic E-state index is -4.62. The van der Waals surface area contributed by atoms with Crippen LogP contribution in [0.3, 0.4) is 0 Å². The van der Waals surface area contributed by atoms with E-state index in [4.69, 9.17) is 19.0 Å². The van der Waals surface area contributed by atoms with Crippen LogP contribution in [-0.4, -0.2) is 81.2 Å². The number of quaternary nitrogens is 1. The first-order valence-electron chi connectivity index (χ1n) is 14.0. The number of sulfone groups is 1. The monoisotopic (exact) mass is 558 g/mol. The average molecular weight is 559 g/mol. The maximum atomic E-state index is 12.8. The molecule has 0 aromatic rings. The second-order valence-electron chi connectivity index (χ2n) is 11.3. The highest BCUT2D eigenvalue weighted by atomic mass is 32.2. The molecule has 0 bridgehead atoms. The summed E-state index contributed by atoms with van der Waals surface area (Å²) < 4.78 is 47.4. The number of ether oxygens (including phenoxy) is 1. The molecule has 3 unspecified atom stereocenters. The lowest BCUT2D eigenvalue weighted by molar-refractivity contribution is -0.900. The van der Waals surface area contributed by atoms with Crippen molar-refractivity contribution in [2.45, 2.75) is 116 Å². The largest absolute Gasteiger partial charge is 0.469 e. The van der Waals surface area contributed by atoms with Crippen molar-refractivity contribution in [2.24, 2.45) is 5.92 Å². The molecular weight excluding hydrogens is 501 g/mol. The second-order valence-corrected chi connectivity index (χ2v) is 14.8. The van der Waals surface area contributed by atoms with Crippen LogP contribution >= 0.6 is 7.82 Å². The minimum Gasteiger partial charge on any atom is -0.380 e. The van der Waals surface area contributed by atoms with Crippen molar-refractivity contribution >= 4 is 17.7 Å². The first-order chi connectivity index (χ1) is 16.7. The summed E-state index contributed by atoms with van der Waals surface area (Å²) in [6.45, 7) is 3.92. The van der Waals surface area contributed by atoms with Gasteiger partial charge in [0.05, 0.1) is 38.8 Å². The molecule has 0 amide bonds. The highest BCUT2D eigenvalue weighted by molar-refractivity contribution is 7.91. The zero-order valence-corrected chi connectivity index (χ0v) is 25.7. The molecule has 0 radical (unpaired) electrons. The van der Waals surface area contributed by atoms with Crippen LogP contribution in [0.1, 0.15) is 104 Å². The number of likely N-dealkylation sites (N-methyl/N-ethyl adjacent to an activating group) is 1. The summed E-state index contributed by atoms with van der Waals surface area (Å²) >= 11 is 0. The van der Waals surface area contributed by atoms with E-state index >= 15 is 0 Å². The third-order valence-electron chi connectivity index (χ3n) is 7.13. The number of phosphoric ester groups is 1. The normalized spacial score (nSPS) is 15.7. The van der Waals surface area contributed by atoms with Crippen LogP contribution in [0, 0.1) is 5.92 Å². The van der Waals surface area contributed by atoms with Gasteiger partial charge in [-0.3, -0.25) is 4.52 Å². The standard InChI is InChI=1S/C26H56NO7PS/c1-7-8-9-10-11-12-13-14-15-16-17-18-19-20-21-36(31,32)23-26(33-6)24(2)25(27(3,4)5)22-34-35(28,29)30/h24-26H,7-23H2,1-6H3,(H-,28,29,30)/p+1. The smallest absolute Gasteiger partial charge is 0.380 e. The molecule has 8 nitrogen and oxygen atoms in total. The zero-order valence-electron chi connectivity index (χ0n) is 24.0. The molecule has 0 aliphatic rings. The van der Waals surface area contributed by atoms with Gasteiger partial charge in [-0.25, -0.2) is 13.0 Å².